The molecule has 17 heavy (non-hydrogen) atoms. The van der Waals surface area contributed by atoms with Gasteiger partial charge in [-0.1, -0.05) is 18.9 Å². The second kappa shape index (κ2) is 7.24. The molecule has 1 heterocycles. The first kappa shape index (κ1) is 13.9. The standard InChI is InChI=1S/C11H22N4O2/c1-5-16-7-6-15(4)11-14-13-10(17-11)8-12-9(2)3/h9,12H,5-8H2,1-4H3. The topological polar surface area (TPSA) is 63.4 Å². The molecule has 0 saturated carbocycles. The Kier molecular flexibility index (Phi) is 5.93. The van der Waals surface area contributed by atoms with E-state index in [4.69, 9.17) is 9.15 Å². The SMILES string of the molecule is CCOCCN(C)c1nnc(CNC(C)C)o1. The molecule has 6 nitrogen and oxygen atoms in total. The Labute approximate surface area is 102 Å². The van der Waals surface area contributed by atoms with E-state index in [2.05, 4.69) is 29.4 Å². The van der Waals surface area contributed by atoms with E-state index >= 15 is 0 Å². The minimum absolute atomic E-state index is 0.404. The zero-order valence-corrected chi connectivity index (χ0v) is 11.1. The van der Waals surface area contributed by atoms with Crippen LogP contribution in [0, 0.1) is 0 Å². The van der Waals surface area contributed by atoms with Crippen molar-refractivity contribution in [3.63, 3.8) is 0 Å². The Morgan fingerprint density at radius 1 is 1.41 bits per heavy atom. The van der Waals surface area contributed by atoms with Gasteiger partial charge in [0.05, 0.1) is 13.2 Å². The van der Waals surface area contributed by atoms with Crippen LogP contribution >= 0.6 is 0 Å². The maximum atomic E-state index is 5.51. The highest BCUT2D eigenvalue weighted by Gasteiger charge is 2.10. The van der Waals surface area contributed by atoms with Gasteiger partial charge in [-0.15, -0.1) is 5.10 Å². The lowest BCUT2D eigenvalue weighted by Gasteiger charge is -2.13. The van der Waals surface area contributed by atoms with E-state index in [1.54, 1.807) is 0 Å². The fraction of sp³-hybridized carbons (Fsp3) is 0.818. The Bertz CT molecular complexity index is 314. The second-order valence-corrected chi connectivity index (χ2v) is 4.13. The van der Waals surface area contributed by atoms with Crippen molar-refractivity contribution >= 4 is 6.01 Å². The molecule has 0 radical (unpaired) electrons. The Hall–Kier alpha value is -1.14. The Morgan fingerprint density at radius 2 is 2.18 bits per heavy atom. The van der Waals surface area contributed by atoms with Gasteiger partial charge in [0, 0.05) is 26.2 Å². The van der Waals surface area contributed by atoms with Gasteiger partial charge in [-0.3, -0.25) is 0 Å². The number of nitrogens with one attached hydrogen (secondary N) is 1. The first-order chi connectivity index (χ1) is 8.13. The molecule has 0 aliphatic rings. The van der Waals surface area contributed by atoms with Crippen LogP contribution in [0.15, 0.2) is 4.42 Å². The fourth-order valence-corrected chi connectivity index (χ4v) is 1.20. The molecule has 1 aromatic rings. The van der Waals surface area contributed by atoms with Gasteiger partial charge in [-0.05, 0) is 6.92 Å². The van der Waals surface area contributed by atoms with E-state index in [1.165, 1.54) is 0 Å². The van der Waals surface area contributed by atoms with E-state index < -0.39 is 0 Å². The van der Waals surface area contributed by atoms with Crippen molar-refractivity contribution in [2.45, 2.75) is 33.4 Å². The van der Waals surface area contributed by atoms with Gasteiger partial charge >= 0.3 is 6.01 Å². The van der Waals surface area contributed by atoms with E-state index in [-0.39, 0.29) is 0 Å². The van der Waals surface area contributed by atoms with Gasteiger partial charge in [-0.2, -0.15) is 0 Å². The average molecular weight is 242 g/mol. The molecule has 1 rings (SSSR count). The van der Waals surface area contributed by atoms with E-state index in [9.17, 15) is 0 Å². The third-order valence-electron chi connectivity index (χ3n) is 2.22. The van der Waals surface area contributed by atoms with Gasteiger partial charge in [0.25, 0.3) is 0 Å². The molecule has 6 heteroatoms. The molecule has 1 aromatic heterocycles. The van der Waals surface area contributed by atoms with Crippen LogP contribution in [-0.4, -0.2) is 43.0 Å². The number of likely N-dealkylation sites (N-methyl/N-ethyl adjacent to an activating group) is 1. The summed E-state index contributed by atoms with van der Waals surface area (Å²) >= 11 is 0. The molecule has 0 aliphatic heterocycles. The van der Waals surface area contributed by atoms with Crippen molar-refractivity contribution in [1.82, 2.24) is 15.5 Å². The third-order valence-corrected chi connectivity index (χ3v) is 2.22. The van der Waals surface area contributed by atoms with E-state index in [1.807, 2.05) is 18.9 Å². The lowest BCUT2D eigenvalue weighted by molar-refractivity contribution is 0.154. The van der Waals surface area contributed by atoms with Gasteiger partial charge in [0.15, 0.2) is 0 Å². The minimum atomic E-state index is 0.404. The van der Waals surface area contributed by atoms with Crippen molar-refractivity contribution < 1.29 is 9.15 Å². The first-order valence-electron chi connectivity index (χ1n) is 5.98. The van der Waals surface area contributed by atoms with Crippen LogP contribution in [0.3, 0.4) is 0 Å². The minimum Gasteiger partial charge on any atom is -0.407 e. The number of rotatable bonds is 8. The monoisotopic (exact) mass is 242 g/mol. The van der Waals surface area contributed by atoms with Gasteiger partial charge in [0.1, 0.15) is 0 Å². The van der Waals surface area contributed by atoms with Crippen molar-refractivity contribution in [2.24, 2.45) is 0 Å². The van der Waals surface area contributed by atoms with Crippen LogP contribution in [0.25, 0.3) is 0 Å². The van der Waals surface area contributed by atoms with E-state index in [0.717, 1.165) is 13.2 Å². The van der Waals surface area contributed by atoms with Crippen molar-refractivity contribution in [3.8, 4) is 0 Å². The zero-order chi connectivity index (χ0) is 12.7. The number of nitrogens with zero attached hydrogens (tertiary/aromatic N) is 3. The number of hydrogen-bond acceptors (Lipinski definition) is 6. The third kappa shape index (κ3) is 5.14. The van der Waals surface area contributed by atoms with Crippen molar-refractivity contribution in [3.05, 3.63) is 5.89 Å². The summed E-state index contributed by atoms with van der Waals surface area (Å²) in [7, 11) is 1.91. The molecule has 0 amide bonds. The fourth-order valence-electron chi connectivity index (χ4n) is 1.20. The Morgan fingerprint density at radius 3 is 2.82 bits per heavy atom. The summed E-state index contributed by atoms with van der Waals surface area (Å²) < 4.78 is 10.8. The van der Waals surface area contributed by atoms with Crippen molar-refractivity contribution in [2.75, 3.05) is 31.7 Å². The summed E-state index contributed by atoms with van der Waals surface area (Å²) in [4.78, 5) is 1.89. The molecular weight excluding hydrogens is 220 g/mol. The first-order valence-corrected chi connectivity index (χ1v) is 5.98. The highest BCUT2D eigenvalue weighted by molar-refractivity contribution is 5.21. The summed E-state index contributed by atoms with van der Waals surface area (Å²) in [5, 5.41) is 11.2. The molecule has 0 fully saturated rings. The second-order valence-electron chi connectivity index (χ2n) is 4.13. The summed E-state index contributed by atoms with van der Waals surface area (Å²) in [6, 6.07) is 0.936. The molecule has 98 valence electrons. The van der Waals surface area contributed by atoms with Gasteiger partial charge in [-0.25, -0.2) is 0 Å². The van der Waals surface area contributed by atoms with E-state index in [0.29, 0.717) is 31.1 Å². The maximum absolute atomic E-state index is 5.51. The molecule has 0 saturated heterocycles. The van der Waals surface area contributed by atoms with Gasteiger partial charge < -0.3 is 19.4 Å². The summed E-state index contributed by atoms with van der Waals surface area (Å²) in [5.74, 6) is 0.608. The predicted octanol–water partition coefficient (Wildman–Crippen LogP) is 1.04. The number of anilines is 1. The summed E-state index contributed by atoms with van der Waals surface area (Å²) in [6.45, 7) is 8.85. The number of aromatic nitrogens is 2. The lowest BCUT2D eigenvalue weighted by Crippen LogP contribution is -2.23. The largest absolute Gasteiger partial charge is 0.407 e. The predicted molar refractivity (Wildman–Crippen MR) is 66.0 cm³/mol. The van der Waals surface area contributed by atoms with Crippen LogP contribution in [0.4, 0.5) is 6.01 Å². The van der Waals surface area contributed by atoms with Crippen molar-refractivity contribution in [1.29, 1.82) is 0 Å². The highest BCUT2D eigenvalue weighted by atomic mass is 16.5. The van der Waals surface area contributed by atoms with Crippen LogP contribution in [0.1, 0.15) is 26.7 Å². The lowest BCUT2D eigenvalue weighted by atomic mass is 10.4. The van der Waals surface area contributed by atoms with Crippen LogP contribution in [-0.2, 0) is 11.3 Å². The highest BCUT2D eigenvalue weighted by Crippen LogP contribution is 2.09. The summed E-state index contributed by atoms with van der Waals surface area (Å²) in [5.41, 5.74) is 0. The molecule has 0 unspecified atom stereocenters. The Balaban J connectivity index is 2.38. The molecule has 0 bridgehead atoms. The molecule has 0 atom stereocenters. The molecule has 0 aromatic carbocycles. The van der Waals surface area contributed by atoms with Crippen LogP contribution in [0.5, 0.6) is 0 Å². The number of hydrogen-bond donors (Lipinski definition) is 1. The smallest absolute Gasteiger partial charge is 0.318 e. The molecular formula is C11H22N4O2. The number of ether oxygens (including phenoxy) is 1. The average Bonchev–Trinajstić information content (AvgIpc) is 2.75. The maximum Gasteiger partial charge on any atom is 0.318 e. The quantitative estimate of drug-likeness (QED) is 0.687. The summed E-state index contributed by atoms with van der Waals surface area (Å²) in [6.07, 6.45) is 0. The molecule has 0 aliphatic carbocycles. The normalized spacial score (nSPS) is 11.1. The zero-order valence-electron chi connectivity index (χ0n) is 11.1. The van der Waals surface area contributed by atoms with Gasteiger partial charge in [0.2, 0.25) is 5.89 Å². The molecule has 1 N–H and O–H groups in total. The molecule has 0 spiro atoms. The van der Waals surface area contributed by atoms with Crippen LogP contribution in [0.2, 0.25) is 0 Å². The van der Waals surface area contributed by atoms with Crippen LogP contribution < -0.4 is 10.2 Å².